The predicted octanol–water partition coefficient (Wildman–Crippen LogP) is 3.64. The molecule has 3 aromatic carbocycles. The summed E-state index contributed by atoms with van der Waals surface area (Å²) in [5, 5.41) is 17.9. The first kappa shape index (κ1) is 22.3. The number of amides is 3. The van der Waals surface area contributed by atoms with Gasteiger partial charge in [0, 0.05) is 17.7 Å². The number of carbonyl (C=O) groups excluding carboxylic acids is 2. The lowest BCUT2D eigenvalue weighted by molar-refractivity contribution is -0.132. The van der Waals surface area contributed by atoms with Crippen LogP contribution in [-0.4, -0.2) is 30.1 Å². The van der Waals surface area contributed by atoms with Gasteiger partial charge in [-0.15, -0.1) is 0 Å². The van der Waals surface area contributed by atoms with E-state index in [0.29, 0.717) is 35.3 Å². The van der Waals surface area contributed by atoms with E-state index in [4.69, 9.17) is 0 Å². The zero-order valence-corrected chi connectivity index (χ0v) is 17.2. The van der Waals surface area contributed by atoms with E-state index in [1.165, 1.54) is 0 Å². The Hall–Kier alpha value is -4.39. The van der Waals surface area contributed by atoms with Crippen molar-refractivity contribution >= 4 is 29.7 Å². The van der Waals surface area contributed by atoms with Gasteiger partial charge in [0.2, 0.25) is 6.41 Å². The van der Waals surface area contributed by atoms with Crippen LogP contribution >= 0.6 is 0 Å². The van der Waals surface area contributed by atoms with Crippen LogP contribution < -0.4 is 16.0 Å². The Balaban J connectivity index is 1.97. The van der Waals surface area contributed by atoms with Gasteiger partial charge in [-0.05, 0) is 17.2 Å². The quantitative estimate of drug-likeness (QED) is 0.308. The Kier molecular flexibility index (Phi) is 7.75. The minimum atomic E-state index is -1.17. The minimum absolute atomic E-state index is 0.00208. The summed E-state index contributed by atoms with van der Waals surface area (Å²) < 4.78 is 0. The van der Waals surface area contributed by atoms with Gasteiger partial charge in [0.15, 0.2) is 0 Å². The number of rotatable bonds is 9. The molecule has 0 saturated heterocycles. The van der Waals surface area contributed by atoms with E-state index >= 15 is 0 Å². The molecule has 0 heterocycles. The SMILES string of the molecule is O=CNCC(C(=O)O)=C(c1ccccc1)c1ccccc1NC(=O)NCc1ccccc1. The molecule has 0 unspecified atom stereocenters. The summed E-state index contributed by atoms with van der Waals surface area (Å²) in [6.45, 7) is 0.178. The van der Waals surface area contributed by atoms with Gasteiger partial charge in [-0.2, -0.15) is 0 Å². The Bertz CT molecular complexity index is 1110. The number of carbonyl (C=O) groups is 3. The van der Waals surface area contributed by atoms with Crippen molar-refractivity contribution in [2.24, 2.45) is 0 Å². The number of para-hydroxylation sites is 1. The highest BCUT2D eigenvalue weighted by Gasteiger charge is 2.20. The predicted molar refractivity (Wildman–Crippen MR) is 123 cm³/mol. The molecule has 0 bridgehead atoms. The largest absolute Gasteiger partial charge is 0.478 e. The van der Waals surface area contributed by atoms with Gasteiger partial charge in [0.1, 0.15) is 0 Å². The van der Waals surface area contributed by atoms with Crippen LogP contribution in [0.1, 0.15) is 16.7 Å². The van der Waals surface area contributed by atoms with Gasteiger partial charge in [0.05, 0.1) is 17.8 Å². The monoisotopic (exact) mass is 429 g/mol. The summed E-state index contributed by atoms with van der Waals surface area (Å²) >= 11 is 0. The second-order valence-electron chi connectivity index (χ2n) is 6.86. The smallest absolute Gasteiger partial charge is 0.334 e. The number of hydrogen-bond acceptors (Lipinski definition) is 3. The summed E-state index contributed by atoms with van der Waals surface area (Å²) in [4.78, 5) is 35.5. The first-order valence-electron chi connectivity index (χ1n) is 9.97. The Morgan fingerprint density at radius 1 is 0.844 bits per heavy atom. The lowest BCUT2D eigenvalue weighted by atomic mass is 9.91. The molecule has 0 fully saturated rings. The van der Waals surface area contributed by atoms with E-state index in [1.54, 1.807) is 48.5 Å². The fraction of sp³-hybridized carbons (Fsp3) is 0.0800. The molecule has 0 spiro atoms. The van der Waals surface area contributed by atoms with Gasteiger partial charge < -0.3 is 21.1 Å². The van der Waals surface area contributed by atoms with Crippen molar-refractivity contribution in [3.05, 3.63) is 107 Å². The summed E-state index contributed by atoms with van der Waals surface area (Å²) in [7, 11) is 0. The molecular formula is C25H23N3O4. The molecule has 0 aliphatic heterocycles. The van der Waals surface area contributed by atoms with Gasteiger partial charge in [0.25, 0.3) is 0 Å². The number of aliphatic carboxylic acids is 1. The summed E-state index contributed by atoms with van der Waals surface area (Å²) in [6.07, 6.45) is 0.451. The second-order valence-corrected chi connectivity index (χ2v) is 6.86. The maximum atomic E-state index is 12.6. The number of benzene rings is 3. The highest BCUT2D eigenvalue weighted by Crippen LogP contribution is 2.32. The van der Waals surface area contributed by atoms with Gasteiger partial charge >= 0.3 is 12.0 Å². The van der Waals surface area contributed by atoms with Crippen LogP contribution in [0.15, 0.2) is 90.5 Å². The normalized spacial score (nSPS) is 11.1. The van der Waals surface area contributed by atoms with Gasteiger partial charge in [-0.1, -0.05) is 78.9 Å². The summed E-state index contributed by atoms with van der Waals surface area (Å²) in [5.41, 5.74) is 2.99. The van der Waals surface area contributed by atoms with Crippen LogP contribution in [0.25, 0.3) is 5.57 Å². The van der Waals surface area contributed by atoms with Gasteiger partial charge in [-0.25, -0.2) is 9.59 Å². The molecule has 0 aliphatic carbocycles. The van der Waals surface area contributed by atoms with Crippen molar-refractivity contribution in [3.8, 4) is 0 Å². The first-order valence-corrected chi connectivity index (χ1v) is 9.97. The van der Waals surface area contributed by atoms with E-state index in [2.05, 4.69) is 16.0 Å². The van der Waals surface area contributed by atoms with E-state index in [0.717, 1.165) is 5.56 Å². The molecule has 32 heavy (non-hydrogen) atoms. The number of urea groups is 1. The first-order chi connectivity index (χ1) is 15.6. The Labute approximate surface area is 185 Å². The van der Waals surface area contributed by atoms with E-state index in [1.807, 2.05) is 36.4 Å². The standard InChI is InChI=1S/C25H23N3O4/c29-17-26-16-21(24(30)31)23(19-11-5-2-6-12-19)20-13-7-8-14-22(20)28-25(32)27-15-18-9-3-1-4-10-18/h1-14,17H,15-16H2,(H,26,29)(H,30,31)(H2,27,28,32). The third-order valence-electron chi connectivity index (χ3n) is 4.73. The van der Waals surface area contributed by atoms with Crippen LogP contribution in [0.2, 0.25) is 0 Å². The summed E-state index contributed by atoms with van der Waals surface area (Å²) in [5.74, 6) is -1.17. The van der Waals surface area contributed by atoms with E-state index in [9.17, 15) is 19.5 Å². The van der Waals surface area contributed by atoms with Crippen molar-refractivity contribution in [3.63, 3.8) is 0 Å². The molecule has 3 rings (SSSR count). The maximum absolute atomic E-state index is 12.6. The van der Waals surface area contributed by atoms with Crippen LogP contribution in [0.3, 0.4) is 0 Å². The van der Waals surface area contributed by atoms with E-state index < -0.39 is 12.0 Å². The van der Waals surface area contributed by atoms with Crippen molar-refractivity contribution < 1.29 is 19.5 Å². The lowest BCUT2D eigenvalue weighted by Gasteiger charge is -2.18. The molecule has 3 amide bonds. The van der Waals surface area contributed by atoms with Crippen LogP contribution in [0.4, 0.5) is 10.5 Å². The number of anilines is 1. The molecule has 7 nitrogen and oxygen atoms in total. The molecule has 162 valence electrons. The molecule has 0 aliphatic rings. The van der Waals surface area contributed by atoms with Crippen LogP contribution in [0, 0.1) is 0 Å². The van der Waals surface area contributed by atoms with Crippen molar-refractivity contribution in [1.82, 2.24) is 10.6 Å². The highest BCUT2D eigenvalue weighted by molar-refractivity contribution is 6.04. The maximum Gasteiger partial charge on any atom is 0.334 e. The van der Waals surface area contributed by atoms with Crippen molar-refractivity contribution in [1.29, 1.82) is 0 Å². The topological polar surface area (TPSA) is 108 Å². The minimum Gasteiger partial charge on any atom is -0.478 e. The second kappa shape index (κ2) is 11.1. The fourth-order valence-electron chi connectivity index (χ4n) is 3.27. The summed E-state index contributed by atoms with van der Waals surface area (Å²) in [6, 6.07) is 25.0. The molecule has 3 aromatic rings. The van der Waals surface area contributed by atoms with Crippen molar-refractivity contribution in [2.75, 3.05) is 11.9 Å². The van der Waals surface area contributed by atoms with Crippen LogP contribution in [0.5, 0.6) is 0 Å². The number of carboxylic acid groups (broad SMARTS) is 1. The van der Waals surface area contributed by atoms with Crippen molar-refractivity contribution in [2.45, 2.75) is 6.54 Å². The Morgan fingerprint density at radius 3 is 2.12 bits per heavy atom. The third-order valence-corrected chi connectivity index (χ3v) is 4.73. The zero-order chi connectivity index (χ0) is 22.8. The highest BCUT2D eigenvalue weighted by atomic mass is 16.4. The molecule has 4 N–H and O–H groups in total. The average Bonchev–Trinajstić information content (AvgIpc) is 2.82. The number of carboxylic acids is 1. The Morgan fingerprint density at radius 2 is 1.47 bits per heavy atom. The van der Waals surface area contributed by atoms with E-state index in [-0.39, 0.29) is 12.1 Å². The van der Waals surface area contributed by atoms with Gasteiger partial charge in [-0.3, -0.25) is 4.79 Å². The van der Waals surface area contributed by atoms with Crippen LogP contribution in [-0.2, 0) is 16.1 Å². The number of nitrogens with one attached hydrogen (secondary N) is 3. The zero-order valence-electron chi connectivity index (χ0n) is 17.2. The molecule has 0 atom stereocenters. The molecule has 0 saturated carbocycles. The number of hydrogen-bond donors (Lipinski definition) is 4. The lowest BCUT2D eigenvalue weighted by Crippen LogP contribution is -2.28. The molecule has 0 radical (unpaired) electrons. The molecule has 7 heteroatoms. The molecular weight excluding hydrogens is 406 g/mol. The average molecular weight is 429 g/mol. The molecule has 0 aromatic heterocycles. The fourth-order valence-corrected chi connectivity index (χ4v) is 3.27. The third kappa shape index (κ3) is 5.82.